The molecule has 4 unspecified atom stereocenters. The van der Waals surface area contributed by atoms with E-state index in [0.29, 0.717) is 17.9 Å². The molecule has 4 atom stereocenters. The number of amides is 1. The SMILES string of the molecule is CC(C)C1CCCCC1NC(=O)C(C)C(N)c1ccccc1. The molecule has 0 spiro atoms. The van der Waals surface area contributed by atoms with E-state index in [4.69, 9.17) is 5.73 Å². The Hall–Kier alpha value is -1.35. The first-order valence-corrected chi connectivity index (χ1v) is 8.61. The highest BCUT2D eigenvalue weighted by molar-refractivity contribution is 5.79. The minimum atomic E-state index is -0.248. The number of nitrogens with two attached hydrogens (primary N) is 1. The van der Waals surface area contributed by atoms with Gasteiger partial charge in [0, 0.05) is 12.1 Å². The summed E-state index contributed by atoms with van der Waals surface area (Å²) in [7, 11) is 0. The van der Waals surface area contributed by atoms with Gasteiger partial charge >= 0.3 is 0 Å². The van der Waals surface area contributed by atoms with Gasteiger partial charge in [-0.15, -0.1) is 0 Å². The average molecular weight is 302 g/mol. The number of hydrogen-bond donors (Lipinski definition) is 2. The fraction of sp³-hybridized carbons (Fsp3) is 0.632. The van der Waals surface area contributed by atoms with E-state index in [1.807, 2.05) is 37.3 Å². The van der Waals surface area contributed by atoms with Crippen LogP contribution in [0.5, 0.6) is 0 Å². The fourth-order valence-corrected chi connectivity index (χ4v) is 3.58. The third-order valence-corrected chi connectivity index (χ3v) is 5.14. The molecule has 1 fully saturated rings. The molecule has 3 N–H and O–H groups in total. The Morgan fingerprint density at radius 3 is 2.41 bits per heavy atom. The molecule has 0 bridgehead atoms. The van der Waals surface area contributed by atoms with Gasteiger partial charge in [-0.05, 0) is 30.2 Å². The molecule has 0 heterocycles. The summed E-state index contributed by atoms with van der Waals surface area (Å²) >= 11 is 0. The third-order valence-electron chi connectivity index (χ3n) is 5.14. The molecule has 1 aromatic carbocycles. The lowest BCUT2D eigenvalue weighted by Gasteiger charge is -2.36. The molecule has 2 rings (SSSR count). The Balaban J connectivity index is 1.98. The summed E-state index contributed by atoms with van der Waals surface area (Å²) in [5.74, 6) is 1.09. The van der Waals surface area contributed by atoms with Gasteiger partial charge in [-0.1, -0.05) is 63.9 Å². The Kier molecular flexibility index (Phi) is 6.01. The summed E-state index contributed by atoms with van der Waals surface area (Å²) in [5.41, 5.74) is 7.30. The number of rotatable bonds is 5. The molecule has 1 aliphatic rings. The van der Waals surface area contributed by atoms with Crippen molar-refractivity contribution in [3.63, 3.8) is 0 Å². The molecule has 0 aromatic heterocycles. The summed E-state index contributed by atoms with van der Waals surface area (Å²) in [6, 6.07) is 9.95. The average Bonchev–Trinajstić information content (AvgIpc) is 2.54. The summed E-state index contributed by atoms with van der Waals surface area (Å²) in [5, 5.41) is 3.28. The maximum absolute atomic E-state index is 12.6. The zero-order chi connectivity index (χ0) is 16.1. The number of nitrogens with one attached hydrogen (secondary N) is 1. The highest BCUT2D eigenvalue weighted by atomic mass is 16.2. The van der Waals surface area contributed by atoms with Gasteiger partial charge < -0.3 is 11.1 Å². The van der Waals surface area contributed by atoms with Crippen LogP contribution in [0, 0.1) is 17.8 Å². The van der Waals surface area contributed by atoms with E-state index in [1.165, 1.54) is 19.3 Å². The van der Waals surface area contributed by atoms with Gasteiger partial charge in [0.1, 0.15) is 0 Å². The monoisotopic (exact) mass is 302 g/mol. The molecule has 0 radical (unpaired) electrons. The van der Waals surface area contributed by atoms with Crippen molar-refractivity contribution in [2.24, 2.45) is 23.5 Å². The van der Waals surface area contributed by atoms with Crippen LogP contribution in [0.15, 0.2) is 30.3 Å². The predicted molar refractivity (Wildman–Crippen MR) is 91.3 cm³/mol. The summed E-state index contributed by atoms with van der Waals surface area (Å²) in [6.45, 7) is 6.45. The van der Waals surface area contributed by atoms with Crippen LogP contribution >= 0.6 is 0 Å². The quantitative estimate of drug-likeness (QED) is 0.872. The molecule has 1 aliphatic carbocycles. The highest BCUT2D eigenvalue weighted by Crippen LogP contribution is 2.30. The van der Waals surface area contributed by atoms with Gasteiger partial charge in [0.15, 0.2) is 0 Å². The topological polar surface area (TPSA) is 55.1 Å². The van der Waals surface area contributed by atoms with Crippen LogP contribution in [0.1, 0.15) is 58.1 Å². The Morgan fingerprint density at radius 2 is 1.77 bits per heavy atom. The molecule has 3 nitrogen and oxygen atoms in total. The number of hydrogen-bond acceptors (Lipinski definition) is 2. The van der Waals surface area contributed by atoms with Crippen LogP contribution in [0.25, 0.3) is 0 Å². The van der Waals surface area contributed by atoms with Crippen LogP contribution in [-0.2, 0) is 4.79 Å². The molecule has 1 saturated carbocycles. The minimum absolute atomic E-state index is 0.0916. The standard InChI is InChI=1S/C19H30N2O/c1-13(2)16-11-7-8-12-17(16)21-19(22)14(3)18(20)15-9-5-4-6-10-15/h4-6,9-10,13-14,16-18H,7-8,11-12,20H2,1-3H3,(H,21,22). The van der Waals surface area contributed by atoms with E-state index in [1.54, 1.807) is 0 Å². The lowest BCUT2D eigenvalue weighted by atomic mass is 9.77. The minimum Gasteiger partial charge on any atom is -0.353 e. The van der Waals surface area contributed by atoms with E-state index < -0.39 is 0 Å². The van der Waals surface area contributed by atoms with Crippen molar-refractivity contribution >= 4 is 5.91 Å². The fourth-order valence-electron chi connectivity index (χ4n) is 3.58. The zero-order valence-electron chi connectivity index (χ0n) is 14.1. The van der Waals surface area contributed by atoms with Crippen LogP contribution in [0.4, 0.5) is 0 Å². The van der Waals surface area contributed by atoms with Crippen LogP contribution < -0.4 is 11.1 Å². The van der Waals surface area contributed by atoms with Crippen molar-refractivity contribution in [2.45, 2.75) is 58.5 Å². The van der Waals surface area contributed by atoms with Crippen molar-refractivity contribution in [3.05, 3.63) is 35.9 Å². The van der Waals surface area contributed by atoms with Gasteiger partial charge in [-0.25, -0.2) is 0 Å². The Bertz CT molecular complexity index is 472. The number of carbonyl (C=O) groups is 1. The van der Waals surface area contributed by atoms with E-state index in [2.05, 4.69) is 19.2 Å². The molecule has 22 heavy (non-hydrogen) atoms. The molecule has 122 valence electrons. The lowest BCUT2D eigenvalue weighted by molar-refractivity contribution is -0.126. The molecule has 1 amide bonds. The van der Waals surface area contributed by atoms with E-state index in [0.717, 1.165) is 12.0 Å². The predicted octanol–water partition coefficient (Wildman–Crippen LogP) is 3.65. The lowest BCUT2D eigenvalue weighted by Crippen LogP contribution is -2.47. The van der Waals surface area contributed by atoms with Gasteiger partial charge in [0.2, 0.25) is 5.91 Å². The van der Waals surface area contributed by atoms with E-state index in [-0.39, 0.29) is 17.9 Å². The van der Waals surface area contributed by atoms with Crippen molar-refractivity contribution in [2.75, 3.05) is 0 Å². The van der Waals surface area contributed by atoms with Gasteiger partial charge in [-0.3, -0.25) is 4.79 Å². The van der Waals surface area contributed by atoms with Crippen LogP contribution in [0.3, 0.4) is 0 Å². The Labute approximate surface area is 134 Å². The van der Waals surface area contributed by atoms with E-state index in [9.17, 15) is 4.79 Å². The second-order valence-corrected chi connectivity index (χ2v) is 7.03. The molecule has 3 heteroatoms. The van der Waals surface area contributed by atoms with Crippen molar-refractivity contribution in [1.82, 2.24) is 5.32 Å². The first kappa shape index (κ1) is 17.0. The second kappa shape index (κ2) is 7.77. The molecule has 0 aliphatic heterocycles. The van der Waals surface area contributed by atoms with Crippen molar-refractivity contribution < 1.29 is 4.79 Å². The molecular weight excluding hydrogens is 272 g/mol. The maximum Gasteiger partial charge on any atom is 0.224 e. The van der Waals surface area contributed by atoms with Gasteiger partial charge in [0.25, 0.3) is 0 Å². The first-order valence-electron chi connectivity index (χ1n) is 8.61. The molecule has 1 aromatic rings. The number of carbonyl (C=O) groups excluding carboxylic acids is 1. The second-order valence-electron chi connectivity index (χ2n) is 7.03. The Morgan fingerprint density at radius 1 is 1.14 bits per heavy atom. The van der Waals surface area contributed by atoms with E-state index >= 15 is 0 Å². The van der Waals surface area contributed by atoms with Crippen molar-refractivity contribution in [1.29, 1.82) is 0 Å². The summed E-state index contributed by atoms with van der Waals surface area (Å²) < 4.78 is 0. The summed E-state index contributed by atoms with van der Waals surface area (Å²) in [6.07, 6.45) is 4.82. The maximum atomic E-state index is 12.6. The number of benzene rings is 1. The van der Waals surface area contributed by atoms with Crippen molar-refractivity contribution in [3.8, 4) is 0 Å². The smallest absolute Gasteiger partial charge is 0.224 e. The van der Waals surface area contributed by atoms with Gasteiger partial charge in [-0.2, -0.15) is 0 Å². The highest BCUT2D eigenvalue weighted by Gasteiger charge is 2.31. The normalized spacial score (nSPS) is 24.8. The van der Waals surface area contributed by atoms with Crippen LogP contribution in [-0.4, -0.2) is 11.9 Å². The first-order chi connectivity index (χ1) is 10.5. The molecule has 0 saturated heterocycles. The molecular formula is C19H30N2O. The zero-order valence-corrected chi connectivity index (χ0v) is 14.1. The largest absolute Gasteiger partial charge is 0.353 e. The third kappa shape index (κ3) is 4.10. The van der Waals surface area contributed by atoms with Crippen LogP contribution in [0.2, 0.25) is 0 Å². The summed E-state index contributed by atoms with van der Waals surface area (Å²) in [4.78, 5) is 12.6. The van der Waals surface area contributed by atoms with Gasteiger partial charge in [0.05, 0.1) is 5.92 Å².